The fraction of sp³-hybridized carbons (Fsp3) is 0.733. The number of aliphatic hydroxyl groups excluding tert-OH is 1. The third-order valence-electron chi connectivity index (χ3n) is 4.28. The van der Waals surface area contributed by atoms with Crippen LogP contribution in [0.2, 0.25) is 0 Å². The third-order valence-corrected chi connectivity index (χ3v) is 5.15. The molecular formula is C15H25NOS. The zero-order chi connectivity index (χ0) is 13.2. The number of hydrogen-bond donors (Lipinski definition) is 1. The number of rotatable bonds is 3. The van der Waals surface area contributed by atoms with Gasteiger partial charge in [0.2, 0.25) is 0 Å². The van der Waals surface area contributed by atoms with Gasteiger partial charge in [-0.25, -0.2) is 0 Å². The average Bonchev–Trinajstić information content (AvgIpc) is 2.61. The maximum Gasteiger partial charge on any atom is 0.0978 e. The first kappa shape index (κ1) is 14.0. The van der Waals surface area contributed by atoms with Crippen molar-refractivity contribution in [2.24, 2.45) is 0 Å². The molecular weight excluding hydrogens is 242 g/mol. The first-order valence-corrected chi connectivity index (χ1v) is 7.88. The van der Waals surface area contributed by atoms with Gasteiger partial charge in [-0.3, -0.25) is 4.90 Å². The maximum atomic E-state index is 10.7. The van der Waals surface area contributed by atoms with Crippen LogP contribution in [0.1, 0.15) is 56.1 Å². The van der Waals surface area contributed by atoms with Crippen LogP contribution in [0, 0.1) is 6.92 Å². The first-order chi connectivity index (χ1) is 8.53. The molecule has 1 fully saturated rings. The largest absolute Gasteiger partial charge is 0.386 e. The van der Waals surface area contributed by atoms with Gasteiger partial charge in [-0.05, 0) is 63.7 Å². The normalized spacial score (nSPS) is 20.7. The van der Waals surface area contributed by atoms with Gasteiger partial charge in [0.05, 0.1) is 6.10 Å². The van der Waals surface area contributed by atoms with Crippen molar-refractivity contribution in [1.82, 2.24) is 4.90 Å². The highest BCUT2D eigenvalue weighted by Gasteiger charge is 2.36. The van der Waals surface area contributed by atoms with E-state index < -0.39 is 0 Å². The molecule has 1 N–H and O–H groups in total. The number of thiophene rings is 1. The van der Waals surface area contributed by atoms with E-state index in [1.807, 2.05) is 0 Å². The zero-order valence-corrected chi connectivity index (χ0v) is 12.6. The molecule has 1 saturated heterocycles. The van der Waals surface area contributed by atoms with E-state index in [-0.39, 0.29) is 11.6 Å². The van der Waals surface area contributed by atoms with E-state index in [1.165, 1.54) is 30.6 Å². The number of hydrogen-bond acceptors (Lipinski definition) is 3. The van der Waals surface area contributed by atoms with Gasteiger partial charge in [0, 0.05) is 10.4 Å². The molecule has 102 valence electrons. The van der Waals surface area contributed by atoms with Gasteiger partial charge in [-0.2, -0.15) is 0 Å². The predicted molar refractivity (Wildman–Crippen MR) is 78.1 cm³/mol. The molecule has 1 unspecified atom stereocenters. The van der Waals surface area contributed by atoms with Crippen LogP contribution in [0.25, 0.3) is 0 Å². The van der Waals surface area contributed by atoms with Crippen molar-refractivity contribution in [2.45, 2.75) is 58.1 Å². The van der Waals surface area contributed by atoms with Crippen molar-refractivity contribution in [1.29, 1.82) is 0 Å². The quantitative estimate of drug-likeness (QED) is 0.901. The Hall–Kier alpha value is -0.380. The molecule has 3 heteroatoms. The standard InChI is InChI=1S/C15H25NOS/c1-12-13(8-11-18-12)14(17)15(2,3)16-9-6-4-5-7-10-16/h8,11,14,17H,4-7,9-10H2,1-3H3. The molecule has 1 aromatic rings. The molecule has 18 heavy (non-hydrogen) atoms. The summed E-state index contributed by atoms with van der Waals surface area (Å²) < 4.78 is 0. The highest BCUT2D eigenvalue weighted by atomic mass is 32.1. The molecule has 2 rings (SSSR count). The Morgan fingerprint density at radius 1 is 1.22 bits per heavy atom. The first-order valence-electron chi connectivity index (χ1n) is 7.00. The molecule has 0 spiro atoms. The van der Waals surface area contributed by atoms with Gasteiger partial charge in [-0.15, -0.1) is 11.3 Å². The Labute approximate surface area is 115 Å². The van der Waals surface area contributed by atoms with Gasteiger partial charge in [0.1, 0.15) is 0 Å². The fourth-order valence-corrected chi connectivity index (χ4v) is 3.61. The fourth-order valence-electron chi connectivity index (χ4n) is 2.88. The molecule has 2 heterocycles. The zero-order valence-electron chi connectivity index (χ0n) is 11.8. The monoisotopic (exact) mass is 267 g/mol. The summed E-state index contributed by atoms with van der Waals surface area (Å²) in [6, 6.07) is 2.07. The summed E-state index contributed by atoms with van der Waals surface area (Å²) in [4.78, 5) is 3.72. The highest BCUT2D eigenvalue weighted by Crippen LogP contribution is 2.35. The van der Waals surface area contributed by atoms with E-state index in [9.17, 15) is 5.11 Å². The second-order valence-corrected chi connectivity index (χ2v) is 7.01. The lowest BCUT2D eigenvalue weighted by atomic mass is 9.89. The number of likely N-dealkylation sites (tertiary alicyclic amines) is 1. The minimum absolute atomic E-state index is 0.170. The molecule has 1 aliphatic rings. The Morgan fingerprint density at radius 3 is 2.33 bits per heavy atom. The Bertz CT molecular complexity index is 378. The van der Waals surface area contributed by atoms with Crippen LogP contribution in [0.3, 0.4) is 0 Å². The van der Waals surface area contributed by atoms with Crippen LogP contribution in [0.4, 0.5) is 0 Å². The molecule has 0 aromatic carbocycles. The van der Waals surface area contributed by atoms with Crippen LogP contribution in [-0.4, -0.2) is 28.6 Å². The lowest BCUT2D eigenvalue weighted by molar-refractivity contribution is -0.0101. The number of nitrogens with zero attached hydrogens (tertiary/aromatic N) is 1. The van der Waals surface area contributed by atoms with Crippen LogP contribution in [0.15, 0.2) is 11.4 Å². The SMILES string of the molecule is Cc1sccc1C(O)C(C)(C)N1CCCCCC1. The topological polar surface area (TPSA) is 23.5 Å². The summed E-state index contributed by atoms with van der Waals surface area (Å²) >= 11 is 1.72. The molecule has 2 nitrogen and oxygen atoms in total. The van der Waals surface area contributed by atoms with Gasteiger partial charge < -0.3 is 5.11 Å². The van der Waals surface area contributed by atoms with Crippen molar-refractivity contribution in [2.75, 3.05) is 13.1 Å². The van der Waals surface area contributed by atoms with Crippen LogP contribution in [0.5, 0.6) is 0 Å². The lowest BCUT2D eigenvalue weighted by Gasteiger charge is -2.41. The van der Waals surface area contributed by atoms with E-state index in [0.717, 1.165) is 18.7 Å². The molecule has 0 bridgehead atoms. The van der Waals surface area contributed by atoms with Gasteiger partial charge >= 0.3 is 0 Å². The van der Waals surface area contributed by atoms with Crippen molar-refractivity contribution in [3.05, 3.63) is 21.9 Å². The maximum absolute atomic E-state index is 10.7. The third kappa shape index (κ3) is 2.79. The summed E-state index contributed by atoms with van der Waals surface area (Å²) in [5, 5.41) is 12.8. The van der Waals surface area contributed by atoms with Crippen molar-refractivity contribution in [3.8, 4) is 0 Å². The van der Waals surface area contributed by atoms with E-state index in [0.29, 0.717) is 0 Å². The predicted octanol–water partition coefficient (Wildman–Crippen LogP) is 3.74. The second-order valence-electron chi connectivity index (χ2n) is 5.89. The molecule has 0 aliphatic carbocycles. The van der Waals surface area contributed by atoms with Gasteiger partial charge in [0.25, 0.3) is 0 Å². The molecule has 1 atom stereocenters. The lowest BCUT2D eigenvalue weighted by Crippen LogP contribution is -2.48. The minimum atomic E-state index is -0.387. The molecule has 0 saturated carbocycles. The molecule has 1 aromatic heterocycles. The average molecular weight is 267 g/mol. The van der Waals surface area contributed by atoms with Crippen molar-refractivity contribution >= 4 is 11.3 Å². The van der Waals surface area contributed by atoms with Crippen LogP contribution in [-0.2, 0) is 0 Å². The van der Waals surface area contributed by atoms with Crippen molar-refractivity contribution in [3.63, 3.8) is 0 Å². The van der Waals surface area contributed by atoms with E-state index >= 15 is 0 Å². The van der Waals surface area contributed by atoms with E-state index in [4.69, 9.17) is 0 Å². The summed E-state index contributed by atoms with van der Waals surface area (Å²) in [5.74, 6) is 0. The van der Waals surface area contributed by atoms with Crippen LogP contribution >= 0.6 is 11.3 Å². The van der Waals surface area contributed by atoms with Gasteiger partial charge in [-0.1, -0.05) is 12.8 Å². The van der Waals surface area contributed by atoms with Crippen molar-refractivity contribution < 1.29 is 5.11 Å². The Morgan fingerprint density at radius 2 is 1.83 bits per heavy atom. The minimum Gasteiger partial charge on any atom is -0.386 e. The summed E-state index contributed by atoms with van der Waals surface area (Å²) in [7, 11) is 0. The Kier molecular flexibility index (Phi) is 4.46. The second kappa shape index (κ2) is 5.72. The summed E-state index contributed by atoms with van der Waals surface area (Å²) in [6.45, 7) is 8.70. The number of aryl methyl sites for hydroxylation is 1. The summed E-state index contributed by atoms with van der Waals surface area (Å²) in [5.41, 5.74) is 0.935. The molecule has 0 radical (unpaired) electrons. The van der Waals surface area contributed by atoms with E-state index in [2.05, 4.69) is 37.1 Å². The number of aliphatic hydroxyl groups is 1. The smallest absolute Gasteiger partial charge is 0.0978 e. The van der Waals surface area contributed by atoms with Crippen LogP contribution < -0.4 is 0 Å². The highest BCUT2D eigenvalue weighted by molar-refractivity contribution is 7.10. The molecule has 0 amide bonds. The summed E-state index contributed by atoms with van der Waals surface area (Å²) in [6.07, 6.45) is 4.81. The van der Waals surface area contributed by atoms with E-state index in [1.54, 1.807) is 11.3 Å². The van der Waals surface area contributed by atoms with Gasteiger partial charge in [0.15, 0.2) is 0 Å². The molecule has 1 aliphatic heterocycles. The Balaban J connectivity index is 2.16.